The summed E-state index contributed by atoms with van der Waals surface area (Å²) in [5.41, 5.74) is -4.29. The SMILES string of the molecule is CS(=O)(=O)c1cc(C(=O)N(CC(F)(F)F)c2cnccc2-c2ccccc2OC(F)(F)F)cc(C(F)(F)F)c1. The van der Waals surface area contributed by atoms with Crippen molar-refractivity contribution in [1.82, 2.24) is 4.98 Å². The molecular formula is C23H15F9N2O4S. The van der Waals surface area contributed by atoms with Gasteiger partial charge in [0.25, 0.3) is 5.91 Å². The lowest BCUT2D eigenvalue weighted by Gasteiger charge is -2.27. The summed E-state index contributed by atoms with van der Waals surface area (Å²) in [6.07, 6.45) is -13.3. The van der Waals surface area contributed by atoms with Gasteiger partial charge in [0.1, 0.15) is 12.3 Å². The van der Waals surface area contributed by atoms with E-state index in [0.717, 1.165) is 30.5 Å². The molecule has 0 saturated heterocycles. The van der Waals surface area contributed by atoms with Crippen LogP contribution in [0.25, 0.3) is 11.1 Å². The van der Waals surface area contributed by atoms with Crippen molar-refractivity contribution in [3.05, 3.63) is 72.1 Å². The van der Waals surface area contributed by atoms with E-state index in [-0.39, 0.29) is 17.0 Å². The number of amides is 1. The zero-order valence-corrected chi connectivity index (χ0v) is 20.1. The average molecular weight is 586 g/mol. The van der Waals surface area contributed by atoms with E-state index < -0.39 is 79.6 Å². The molecule has 0 fully saturated rings. The van der Waals surface area contributed by atoms with Crippen LogP contribution in [0.5, 0.6) is 5.75 Å². The van der Waals surface area contributed by atoms with Crippen LogP contribution in [0.1, 0.15) is 15.9 Å². The minimum atomic E-state index is -5.20. The Morgan fingerprint density at radius 1 is 0.923 bits per heavy atom. The maximum atomic E-state index is 13.6. The Bertz CT molecular complexity index is 1480. The first-order chi connectivity index (χ1) is 17.8. The molecule has 16 heteroatoms. The number of hydrogen-bond donors (Lipinski definition) is 0. The van der Waals surface area contributed by atoms with Crippen LogP contribution in [-0.2, 0) is 16.0 Å². The first-order valence-corrected chi connectivity index (χ1v) is 12.3. The number of nitrogens with zero attached hydrogens (tertiary/aromatic N) is 2. The number of carbonyl (C=O) groups excluding carboxylic acids is 1. The first kappa shape index (κ1) is 29.7. The predicted octanol–water partition coefficient (Wildman–Crippen LogP) is 6.28. The highest BCUT2D eigenvalue weighted by atomic mass is 32.2. The third-order valence-electron chi connectivity index (χ3n) is 4.99. The quantitative estimate of drug-likeness (QED) is 0.318. The lowest BCUT2D eigenvalue weighted by atomic mass is 10.0. The molecule has 210 valence electrons. The molecule has 1 heterocycles. The van der Waals surface area contributed by atoms with E-state index >= 15 is 0 Å². The monoisotopic (exact) mass is 586 g/mol. The zero-order valence-electron chi connectivity index (χ0n) is 19.3. The van der Waals surface area contributed by atoms with Crippen LogP contribution in [0.3, 0.4) is 0 Å². The summed E-state index contributed by atoms with van der Waals surface area (Å²) in [5, 5.41) is 0. The smallest absolute Gasteiger partial charge is 0.405 e. The second-order valence-corrected chi connectivity index (χ2v) is 9.97. The molecule has 0 aliphatic rings. The van der Waals surface area contributed by atoms with Crippen molar-refractivity contribution in [1.29, 1.82) is 0 Å². The molecule has 0 unspecified atom stereocenters. The highest BCUT2D eigenvalue weighted by Gasteiger charge is 2.38. The Hall–Kier alpha value is -3.82. The molecule has 0 bridgehead atoms. The van der Waals surface area contributed by atoms with Gasteiger partial charge in [-0.05, 0) is 30.3 Å². The lowest BCUT2D eigenvalue weighted by molar-refractivity contribution is -0.274. The van der Waals surface area contributed by atoms with Crippen LogP contribution >= 0.6 is 0 Å². The molecule has 0 aliphatic heterocycles. The zero-order chi connectivity index (χ0) is 29.4. The average Bonchev–Trinajstić information content (AvgIpc) is 2.79. The standard InChI is InChI=1S/C23H15F9N2O4S/c1-39(36,37)15-9-13(8-14(10-15)22(27,28)29)20(35)34(12-21(24,25)26)18-11-33-7-6-16(18)17-4-2-3-5-19(17)38-23(30,31)32/h2-11H,12H2,1H3. The van der Waals surface area contributed by atoms with Gasteiger partial charge in [0.2, 0.25) is 0 Å². The van der Waals surface area contributed by atoms with Gasteiger partial charge in [0.15, 0.2) is 9.84 Å². The molecule has 0 atom stereocenters. The fourth-order valence-electron chi connectivity index (χ4n) is 3.43. The number of sulfone groups is 1. The van der Waals surface area contributed by atoms with Crippen molar-refractivity contribution in [2.24, 2.45) is 0 Å². The maximum absolute atomic E-state index is 13.6. The van der Waals surface area contributed by atoms with Gasteiger partial charge in [0.05, 0.1) is 22.3 Å². The highest BCUT2D eigenvalue weighted by Crippen LogP contribution is 2.40. The molecule has 0 radical (unpaired) electrons. The van der Waals surface area contributed by atoms with Crippen molar-refractivity contribution in [3.8, 4) is 16.9 Å². The number of para-hydroxylation sites is 1. The van der Waals surface area contributed by atoms with E-state index in [1.807, 2.05) is 0 Å². The fraction of sp³-hybridized carbons (Fsp3) is 0.217. The van der Waals surface area contributed by atoms with Gasteiger partial charge in [-0.3, -0.25) is 14.7 Å². The number of ether oxygens (including phenoxy) is 1. The third-order valence-corrected chi connectivity index (χ3v) is 6.08. The van der Waals surface area contributed by atoms with Crippen LogP contribution in [0.2, 0.25) is 0 Å². The van der Waals surface area contributed by atoms with Crippen LogP contribution in [0, 0.1) is 0 Å². The van der Waals surface area contributed by atoms with Gasteiger partial charge in [-0.1, -0.05) is 18.2 Å². The molecule has 3 rings (SSSR count). The number of hydrogen-bond acceptors (Lipinski definition) is 5. The van der Waals surface area contributed by atoms with Gasteiger partial charge < -0.3 is 4.74 Å². The lowest BCUT2D eigenvalue weighted by Crippen LogP contribution is -2.39. The summed E-state index contributed by atoms with van der Waals surface area (Å²) >= 11 is 0. The molecule has 39 heavy (non-hydrogen) atoms. The number of halogens is 9. The second kappa shape index (κ2) is 10.4. The number of benzene rings is 2. The van der Waals surface area contributed by atoms with Crippen molar-refractivity contribution in [3.63, 3.8) is 0 Å². The number of rotatable bonds is 6. The number of anilines is 1. The van der Waals surface area contributed by atoms with Crippen LogP contribution in [0.15, 0.2) is 65.8 Å². The topological polar surface area (TPSA) is 76.6 Å². The molecule has 0 spiro atoms. The summed E-state index contributed by atoms with van der Waals surface area (Å²) in [5.74, 6) is -2.58. The molecular weight excluding hydrogens is 571 g/mol. The molecule has 0 N–H and O–H groups in total. The predicted molar refractivity (Wildman–Crippen MR) is 119 cm³/mol. The molecule has 3 aromatic rings. The van der Waals surface area contributed by atoms with E-state index in [9.17, 15) is 52.7 Å². The van der Waals surface area contributed by atoms with E-state index in [1.54, 1.807) is 0 Å². The third kappa shape index (κ3) is 7.61. The van der Waals surface area contributed by atoms with Crippen molar-refractivity contribution < 1.29 is 57.5 Å². The largest absolute Gasteiger partial charge is 0.573 e. The number of carbonyl (C=O) groups is 1. The summed E-state index contributed by atoms with van der Waals surface area (Å²) in [4.78, 5) is 15.9. The summed E-state index contributed by atoms with van der Waals surface area (Å²) in [6, 6.07) is 6.07. The molecule has 6 nitrogen and oxygen atoms in total. The molecule has 2 aromatic carbocycles. The molecule has 0 aliphatic carbocycles. The van der Waals surface area contributed by atoms with Gasteiger partial charge in [-0.2, -0.15) is 26.3 Å². The van der Waals surface area contributed by atoms with E-state index in [4.69, 9.17) is 0 Å². The minimum absolute atomic E-state index is 0.0613. The van der Waals surface area contributed by atoms with Crippen LogP contribution in [0.4, 0.5) is 45.2 Å². The molecule has 1 aromatic heterocycles. The van der Waals surface area contributed by atoms with Crippen LogP contribution < -0.4 is 9.64 Å². The van der Waals surface area contributed by atoms with Crippen LogP contribution in [-0.4, -0.2) is 44.6 Å². The second-order valence-electron chi connectivity index (χ2n) is 7.96. The highest BCUT2D eigenvalue weighted by molar-refractivity contribution is 7.90. The van der Waals surface area contributed by atoms with E-state index in [0.29, 0.717) is 18.5 Å². The first-order valence-electron chi connectivity index (χ1n) is 10.4. The fourth-order valence-corrected chi connectivity index (χ4v) is 4.12. The van der Waals surface area contributed by atoms with Gasteiger partial charge in [-0.25, -0.2) is 8.42 Å². The summed E-state index contributed by atoms with van der Waals surface area (Å²) < 4.78 is 148. The van der Waals surface area contributed by atoms with Gasteiger partial charge in [0, 0.05) is 29.1 Å². The van der Waals surface area contributed by atoms with Crippen molar-refractivity contribution in [2.45, 2.75) is 23.6 Å². The minimum Gasteiger partial charge on any atom is -0.405 e. The maximum Gasteiger partial charge on any atom is 0.573 e. The van der Waals surface area contributed by atoms with Crippen molar-refractivity contribution >= 4 is 21.4 Å². The van der Waals surface area contributed by atoms with Crippen molar-refractivity contribution in [2.75, 3.05) is 17.7 Å². The number of pyridine rings is 1. The Morgan fingerprint density at radius 3 is 2.13 bits per heavy atom. The normalized spacial score (nSPS) is 12.8. The molecule has 1 amide bonds. The Morgan fingerprint density at radius 2 is 1.56 bits per heavy atom. The summed E-state index contributed by atoms with van der Waals surface area (Å²) in [6.45, 7) is -2.11. The molecule has 0 saturated carbocycles. The number of alkyl halides is 9. The number of aromatic nitrogens is 1. The van der Waals surface area contributed by atoms with Gasteiger partial charge in [-0.15, -0.1) is 13.2 Å². The Balaban J connectivity index is 2.27. The van der Waals surface area contributed by atoms with E-state index in [1.165, 1.54) is 6.07 Å². The Labute approximate surface area is 214 Å². The Kier molecular flexibility index (Phi) is 7.92. The summed E-state index contributed by atoms with van der Waals surface area (Å²) in [7, 11) is -4.37. The van der Waals surface area contributed by atoms with Gasteiger partial charge >= 0.3 is 18.7 Å². The van der Waals surface area contributed by atoms with E-state index in [2.05, 4.69) is 9.72 Å².